The topological polar surface area (TPSA) is 27.7 Å². The van der Waals surface area contributed by atoms with Crippen LogP contribution in [0.5, 0.6) is 11.5 Å². The highest BCUT2D eigenvalue weighted by atomic mass is 79.9. The molecule has 3 rings (SSSR count). The van der Waals surface area contributed by atoms with Crippen molar-refractivity contribution in [3.63, 3.8) is 0 Å². The summed E-state index contributed by atoms with van der Waals surface area (Å²) in [4.78, 5) is 0. The van der Waals surface area contributed by atoms with Gasteiger partial charge in [0.15, 0.2) is 6.29 Å². The van der Waals surface area contributed by atoms with Gasteiger partial charge >= 0.3 is 0 Å². The van der Waals surface area contributed by atoms with E-state index in [-0.39, 0.29) is 6.29 Å². The monoisotopic (exact) mass is 432 g/mol. The molecule has 1 unspecified atom stereocenters. The average Bonchev–Trinajstić information content (AvgIpc) is 2.72. The first-order valence-electron chi connectivity index (χ1n) is 9.99. The molecule has 4 heteroatoms. The summed E-state index contributed by atoms with van der Waals surface area (Å²) in [6.45, 7) is 1.54. The SMILES string of the molecule is BrCCCc1ccccc1OCCCc1ccc(OC2CCCCO2)cc1. The van der Waals surface area contributed by atoms with Crippen LogP contribution >= 0.6 is 15.9 Å². The third-order valence-electron chi connectivity index (χ3n) is 4.75. The van der Waals surface area contributed by atoms with Crippen molar-refractivity contribution in [1.82, 2.24) is 0 Å². The second-order valence-corrected chi connectivity index (χ2v) is 7.70. The minimum atomic E-state index is -0.0809. The molecule has 146 valence electrons. The first kappa shape index (κ1) is 20.2. The Hall–Kier alpha value is -1.52. The van der Waals surface area contributed by atoms with E-state index in [0.717, 1.165) is 68.6 Å². The molecular weight excluding hydrogens is 404 g/mol. The van der Waals surface area contributed by atoms with Crippen molar-refractivity contribution in [3.8, 4) is 11.5 Å². The van der Waals surface area contributed by atoms with Gasteiger partial charge in [-0.15, -0.1) is 0 Å². The molecule has 0 amide bonds. The van der Waals surface area contributed by atoms with E-state index in [4.69, 9.17) is 14.2 Å². The van der Waals surface area contributed by atoms with Crippen molar-refractivity contribution >= 4 is 15.9 Å². The summed E-state index contributed by atoms with van der Waals surface area (Å²) in [6.07, 6.45) is 7.40. The third kappa shape index (κ3) is 6.86. The molecule has 1 fully saturated rings. The molecule has 1 saturated heterocycles. The van der Waals surface area contributed by atoms with Crippen molar-refractivity contribution < 1.29 is 14.2 Å². The van der Waals surface area contributed by atoms with Gasteiger partial charge in [0.05, 0.1) is 13.2 Å². The highest BCUT2D eigenvalue weighted by Gasteiger charge is 2.14. The molecule has 0 saturated carbocycles. The van der Waals surface area contributed by atoms with Gasteiger partial charge in [-0.1, -0.05) is 46.3 Å². The van der Waals surface area contributed by atoms with Gasteiger partial charge in [0.2, 0.25) is 0 Å². The number of aryl methyl sites for hydroxylation is 2. The Balaban J connectivity index is 1.40. The van der Waals surface area contributed by atoms with Gasteiger partial charge < -0.3 is 14.2 Å². The largest absolute Gasteiger partial charge is 0.493 e. The predicted octanol–water partition coefficient (Wildman–Crippen LogP) is 5.93. The van der Waals surface area contributed by atoms with E-state index in [0.29, 0.717) is 0 Å². The summed E-state index contributed by atoms with van der Waals surface area (Å²) >= 11 is 3.50. The zero-order valence-electron chi connectivity index (χ0n) is 15.9. The molecule has 1 heterocycles. The number of alkyl halides is 1. The van der Waals surface area contributed by atoms with E-state index >= 15 is 0 Å². The van der Waals surface area contributed by atoms with Crippen LogP contribution in [-0.4, -0.2) is 24.8 Å². The Labute approximate surface area is 171 Å². The maximum Gasteiger partial charge on any atom is 0.199 e. The molecule has 0 N–H and O–H groups in total. The van der Waals surface area contributed by atoms with E-state index in [1.165, 1.54) is 17.5 Å². The van der Waals surface area contributed by atoms with Crippen LogP contribution in [0.1, 0.15) is 43.2 Å². The standard InChI is InChI=1S/C23H29BrO3/c24-16-5-9-20-8-1-2-10-22(20)25-18-6-7-19-12-14-21(15-13-19)27-23-11-3-4-17-26-23/h1-2,8,10,12-15,23H,3-7,9,11,16-18H2. The Morgan fingerprint density at radius 2 is 1.81 bits per heavy atom. The first-order chi connectivity index (χ1) is 13.3. The zero-order valence-corrected chi connectivity index (χ0v) is 17.5. The van der Waals surface area contributed by atoms with Crippen LogP contribution in [0.15, 0.2) is 48.5 Å². The minimum Gasteiger partial charge on any atom is -0.493 e. The van der Waals surface area contributed by atoms with Gasteiger partial charge in [-0.2, -0.15) is 0 Å². The van der Waals surface area contributed by atoms with E-state index in [1.54, 1.807) is 0 Å². The molecule has 0 bridgehead atoms. The number of benzene rings is 2. The normalized spacial score (nSPS) is 16.9. The van der Waals surface area contributed by atoms with Crippen LogP contribution in [0.4, 0.5) is 0 Å². The van der Waals surface area contributed by atoms with Crippen LogP contribution in [-0.2, 0) is 17.6 Å². The lowest BCUT2D eigenvalue weighted by Gasteiger charge is -2.23. The maximum absolute atomic E-state index is 6.02. The van der Waals surface area contributed by atoms with Crippen molar-refractivity contribution in [2.24, 2.45) is 0 Å². The van der Waals surface area contributed by atoms with Crippen LogP contribution in [0.2, 0.25) is 0 Å². The fourth-order valence-electron chi connectivity index (χ4n) is 3.26. The van der Waals surface area contributed by atoms with Crippen molar-refractivity contribution in [3.05, 3.63) is 59.7 Å². The van der Waals surface area contributed by atoms with Gasteiger partial charge in [-0.05, 0) is 67.9 Å². The molecule has 2 aromatic carbocycles. The molecule has 1 atom stereocenters. The molecule has 3 nitrogen and oxygen atoms in total. The summed E-state index contributed by atoms with van der Waals surface area (Å²) in [5.41, 5.74) is 2.60. The van der Waals surface area contributed by atoms with E-state index in [1.807, 2.05) is 18.2 Å². The Bertz CT molecular complexity index is 666. The number of hydrogen-bond acceptors (Lipinski definition) is 3. The molecule has 27 heavy (non-hydrogen) atoms. The average molecular weight is 433 g/mol. The van der Waals surface area contributed by atoms with Crippen molar-refractivity contribution in [2.75, 3.05) is 18.5 Å². The Kier molecular flexibility index (Phi) is 8.50. The molecular formula is C23H29BrO3. The van der Waals surface area contributed by atoms with Gasteiger partial charge in [0.25, 0.3) is 0 Å². The van der Waals surface area contributed by atoms with E-state index in [9.17, 15) is 0 Å². The summed E-state index contributed by atoms with van der Waals surface area (Å²) in [7, 11) is 0. The summed E-state index contributed by atoms with van der Waals surface area (Å²) in [6, 6.07) is 16.7. The van der Waals surface area contributed by atoms with Crippen LogP contribution in [0.3, 0.4) is 0 Å². The van der Waals surface area contributed by atoms with Crippen LogP contribution < -0.4 is 9.47 Å². The summed E-state index contributed by atoms with van der Waals surface area (Å²) in [5.74, 6) is 1.91. The molecule has 0 radical (unpaired) electrons. The number of hydrogen-bond donors (Lipinski definition) is 0. The van der Waals surface area contributed by atoms with E-state index in [2.05, 4.69) is 46.3 Å². The van der Waals surface area contributed by atoms with Gasteiger partial charge in [0, 0.05) is 11.8 Å². The van der Waals surface area contributed by atoms with E-state index < -0.39 is 0 Å². The predicted molar refractivity (Wildman–Crippen MR) is 113 cm³/mol. The Morgan fingerprint density at radius 1 is 0.963 bits per heavy atom. The fourth-order valence-corrected chi connectivity index (χ4v) is 3.54. The Morgan fingerprint density at radius 3 is 2.59 bits per heavy atom. The number of para-hydroxylation sites is 1. The first-order valence-corrected chi connectivity index (χ1v) is 11.1. The summed E-state index contributed by atoms with van der Waals surface area (Å²) in [5, 5.41) is 1.02. The molecule has 0 aromatic heterocycles. The van der Waals surface area contributed by atoms with Gasteiger partial charge in [0.1, 0.15) is 11.5 Å². The molecule has 2 aromatic rings. The highest BCUT2D eigenvalue weighted by Crippen LogP contribution is 2.22. The number of rotatable bonds is 10. The second-order valence-electron chi connectivity index (χ2n) is 6.91. The molecule has 1 aliphatic heterocycles. The number of halogens is 1. The smallest absolute Gasteiger partial charge is 0.199 e. The minimum absolute atomic E-state index is 0.0809. The lowest BCUT2D eigenvalue weighted by Crippen LogP contribution is -2.24. The third-order valence-corrected chi connectivity index (χ3v) is 5.31. The molecule has 0 aliphatic carbocycles. The zero-order chi connectivity index (χ0) is 18.7. The number of ether oxygens (including phenoxy) is 3. The lowest BCUT2D eigenvalue weighted by atomic mass is 10.1. The molecule has 1 aliphatic rings. The highest BCUT2D eigenvalue weighted by molar-refractivity contribution is 9.09. The van der Waals surface area contributed by atoms with Gasteiger partial charge in [-0.25, -0.2) is 0 Å². The van der Waals surface area contributed by atoms with Crippen LogP contribution in [0, 0.1) is 0 Å². The van der Waals surface area contributed by atoms with Crippen molar-refractivity contribution in [1.29, 1.82) is 0 Å². The lowest BCUT2D eigenvalue weighted by molar-refractivity contribution is -0.105. The van der Waals surface area contributed by atoms with Crippen molar-refractivity contribution in [2.45, 2.75) is 51.2 Å². The quantitative estimate of drug-likeness (QED) is 0.343. The fraction of sp³-hybridized carbons (Fsp3) is 0.478. The van der Waals surface area contributed by atoms with Crippen LogP contribution in [0.25, 0.3) is 0 Å². The maximum atomic E-state index is 6.02. The molecule has 0 spiro atoms. The summed E-state index contributed by atoms with van der Waals surface area (Å²) < 4.78 is 17.5. The van der Waals surface area contributed by atoms with Gasteiger partial charge in [-0.3, -0.25) is 0 Å². The second kappa shape index (κ2) is 11.4.